The number of rotatable bonds is 3. The molecular weight excluding hydrogens is 337 g/mol. The molecule has 1 aliphatic heterocycles. The summed E-state index contributed by atoms with van der Waals surface area (Å²) in [6.07, 6.45) is 1.63. The van der Waals surface area contributed by atoms with Crippen molar-refractivity contribution in [1.29, 1.82) is 0 Å². The number of carbonyl (C=O) groups excluding carboxylic acids is 1. The van der Waals surface area contributed by atoms with Gasteiger partial charge in [0.2, 0.25) is 5.90 Å². The van der Waals surface area contributed by atoms with Gasteiger partial charge in [0, 0.05) is 10.0 Å². The molecule has 0 aromatic heterocycles. The Balaban J connectivity index is 1.98. The van der Waals surface area contributed by atoms with Gasteiger partial charge in [-0.25, -0.2) is 9.79 Å². The lowest BCUT2D eigenvalue weighted by Gasteiger charge is -2.07. The van der Waals surface area contributed by atoms with Gasteiger partial charge in [0.05, 0.1) is 12.7 Å². The number of esters is 1. The van der Waals surface area contributed by atoms with Crippen molar-refractivity contribution in [2.45, 2.75) is 0 Å². The molecule has 4 nitrogen and oxygen atoms in total. The summed E-state index contributed by atoms with van der Waals surface area (Å²) in [6.45, 7) is 0. The minimum atomic E-state index is -0.531. The van der Waals surface area contributed by atoms with E-state index in [1.54, 1.807) is 48.5 Å². The van der Waals surface area contributed by atoms with Crippen molar-refractivity contribution in [3.63, 3.8) is 0 Å². The number of aliphatic imine (C=N–C) groups is 1. The van der Waals surface area contributed by atoms with Crippen molar-refractivity contribution in [1.82, 2.24) is 0 Å². The van der Waals surface area contributed by atoms with Gasteiger partial charge in [-0.2, -0.15) is 0 Å². The molecule has 6 heteroatoms. The number of hydrogen-bond donors (Lipinski definition) is 0. The molecule has 0 atom stereocenters. The normalized spacial score (nSPS) is 15.5. The predicted octanol–water partition coefficient (Wildman–Crippen LogP) is 4.35. The largest absolute Gasteiger partial charge is 0.496 e. The van der Waals surface area contributed by atoms with E-state index in [1.165, 1.54) is 7.11 Å². The lowest BCUT2D eigenvalue weighted by Crippen LogP contribution is -2.07. The molecule has 0 aliphatic carbocycles. The summed E-state index contributed by atoms with van der Waals surface area (Å²) >= 11 is 11.8. The zero-order valence-electron chi connectivity index (χ0n) is 12.0. The van der Waals surface area contributed by atoms with Crippen LogP contribution in [0.25, 0.3) is 6.08 Å². The van der Waals surface area contributed by atoms with E-state index in [4.69, 9.17) is 32.7 Å². The number of halogens is 2. The Labute approximate surface area is 143 Å². The van der Waals surface area contributed by atoms with Crippen LogP contribution < -0.4 is 4.74 Å². The van der Waals surface area contributed by atoms with Gasteiger partial charge in [-0.3, -0.25) is 0 Å². The van der Waals surface area contributed by atoms with E-state index >= 15 is 0 Å². The fourth-order valence-corrected chi connectivity index (χ4v) is 2.39. The summed E-state index contributed by atoms with van der Waals surface area (Å²) in [6, 6.07) is 12.1. The van der Waals surface area contributed by atoms with Crippen molar-refractivity contribution in [3.8, 4) is 5.75 Å². The second kappa shape index (κ2) is 6.44. The van der Waals surface area contributed by atoms with Crippen LogP contribution in [0.4, 0.5) is 0 Å². The van der Waals surface area contributed by atoms with Crippen LogP contribution in [0.5, 0.6) is 5.75 Å². The first-order valence-electron chi connectivity index (χ1n) is 6.69. The van der Waals surface area contributed by atoms with E-state index in [1.807, 2.05) is 0 Å². The molecule has 0 spiro atoms. The number of cyclic esters (lactones) is 1. The Morgan fingerprint density at radius 3 is 2.48 bits per heavy atom. The number of benzene rings is 2. The zero-order chi connectivity index (χ0) is 16.4. The van der Waals surface area contributed by atoms with E-state index in [2.05, 4.69) is 4.99 Å². The molecule has 23 heavy (non-hydrogen) atoms. The maximum absolute atomic E-state index is 12.0. The number of methoxy groups -OCH3 is 1. The third-order valence-electron chi connectivity index (χ3n) is 3.19. The van der Waals surface area contributed by atoms with Gasteiger partial charge < -0.3 is 9.47 Å². The van der Waals surface area contributed by atoms with Crippen molar-refractivity contribution in [2.24, 2.45) is 4.99 Å². The molecule has 0 bridgehead atoms. The molecule has 116 valence electrons. The van der Waals surface area contributed by atoms with E-state index in [-0.39, 0.29) is 11.6 Å². The Morgan fingerprint density at radius 1 is 1.09 bits per heavy atom. The maximum Gasteiger partial charge on any atom is 0.363 e. The molecular formula is C17H11Cl2NO3. The summed E-state index contributed by atoms with van der Waals surface area (Å²) in [7, 11) is 1.52. The lowest BCUT2D eigenvalue weighted by atomic mass is 10.2. The standard InChI is InChI=1S/C17H11Cl2NO3/c1-22-15-7-6-12(19)9-13(15)16-20-14(17(21)23-16)8-10-2-4-11(18)5-3-10/h2-9H,1H3/b14-8+. The molecule has 3 rings (SSSR count). The third kappa shape index (κ3) is 3.38. The molecule has 1 aliphatic rings. The van der Waals surface area contributed by atoms with Gasteiger partial charge >= 0.3 is 5.97 Å². The van der Waals surface area contributed by atoms with Crippen LogP contribution in [0, 0.1) is 0 Å². The second-order valence-electron chi connectivity index (χ2n) is 4.73. The highest BCUT2D eigenvalue weighted by Gasteiger charge is 2.26. The summed E-state index contributed by atoms with van der Waals surface area (Å²) in [5.41, 5.74) is 1.52. The highest BCUT2D eigenvalue weighted by molar-refractivity contribution is 6.31. The molecule has 0 radical (unpaired) electrons. The molecule has 0 N–H and O–H groups in total. The van der Waals surface area contributed by atoms with Crippen LogP contribution in [-0.2, 0) is 9.53 Å². The van der Waals surface area contributed by atoms with Gasteiger partial charge in [0.15, 0.2) is 5.70 Å². The first-order chi connectivity index (χ1) is 11.1. The van der Waals surface area contributed by atoms with Gasteiger partial charge in [0.25, 0.3) is 0 Å². The highest BCUT2D eigenvalue weighted by Crippen LogP contribution is 2.27. The number of nitrogens with zero attached hydrogens (tertiary/aromatic N) is 1. The van der Waals surface area contributed by atoms with Crippen LogP contribution in [0.15, 0.2) is 53.2 Å². The van der Waals surface area contributed by atoms with Crippen molar-refractivity contribution in [3.05, 3.63) is 69.3 Å². The minimum absolute atomic E-state index is 0.162. The fraction of sp³-hybridized carbons (Fsp3) is 0.0588. The quantitative estimate of drug-likeness (QED) is 0.612. The van der Waals surface area contributed by atoms with E-state index in [0.717, 1.165) is 5.56 Å². The monoisotopic (exact) mass is 347 g/mol. The van der Waals surface area contributed by atoms with Crippen LogP contribution >= 0.6 is 23.2 Å². The third-order valence-corrected chi connectivity index (χ3v) is 3.67. The van der Waals surface area contributed by atoms with Gasteiger partial charge in [-0.05, 0) is 42.0 Å². The van der Waals surface area contributed by atoms with Gasteiger partial charge in [0.1, 0.15) is 5.75 Å². The summed E-state index contributed by atoms with van der Waals surface area (Å²) in [5, 5.41) is 1.11. The SMILES string of the molecule is COc1ccc(Cl)cc1C1=N/C(=C/c2ccc(Cl)cc2)C(=O)O1. The lowest BCUT2D eigenvalue weighted by molar-refractivity contribution is -0.129. The first kappa shape index (κ1) is 15.6. The molecule has 0 fully saturated rings. The predicted molar refractivity (Wildman–Crippen MR) is 90.1 cm³/mol. The number of carbonyl (C=O) groups is 1. The van der Waals surface area contributed by atoms with E-state index in [0.29, 0.717) is 21.4 Å². The molecule has 0 saturated heterocycles. The summed E-state index contributed by atoms with van der Waals surface area (Å²) in [4.78, 5) is 16.3. The smallest absolute Gasteiger partial charge is 0.363 e. The second-order valence-corrected chi connectivity index (χ2v) is 5.61. The average molecular weight is 348 g/mol. The van der Waals surface area contributed by atoms with E-state index in [9.17, 15) is 4.79 Å². The Kier molecular flexibility index (Phi) is 4.37. The maximum atomic E-state index is 12.0. The topological polar surface area (TPSA) is 47.9 Å². The van der Waals surface area contributed by atoms with Crippen LogP contribution in [0.2, 0.25) is 10.0 Å². The Hall–Kier alpha value is -2.30. The average Bonchev–Trinajstić information content (AvgIpc) is 2.90. The Morgan fingerprint density at radius 2 is 1.78 bits per heavy atom. The zero-order valence-corrected chi connectivity index (χ0v) is 13.6. The van der Waals surface area contributed by atoms with Gasteiger partial charge in [-0.1, -0.05) is 35.3 Å². The Bertz CT molecular complexity index is 826. The molecule has 1 heterocycles. The molecule has 2 aromatic rings. The van der Waals surface area contributed by atoms with Gasteiger partial charge in [-0.15, -0.1) is 0 Å². The summed E-state index contributed by atoms with van der Waals surface area (Å²) in [5.74, 6) is 0.153. The van der Waals surface area contributed by atoms with Crippen molar-refractivity contribution in [2.75, 3.05) is 7.11 Å². The molecule has 0 unspecified atom stereocenters. The molecule has 0 saturated carbocycles. The van der Waals surface area contributed by atoms with Crippen LogP contribution in [0.3, 0.4) is 0 Å². The fourth-order valence-electron chi connectivity index (χ4n) is 2.09. The minimum Gasteiger partial charge on any atom is -0.496 e. The number of ether oxygens (including phenoxy) is 2. The van der Waals surface area contributed by atoms with Crippen molar-refractivity contribution < 1.29 is 14.3 Å². The number of hydrogen-bond acceptors (Lipinski definition) is 4. The van der Waals surface area contributed by atoms with Crippen LogP contribution in [0.1, 0.15) is 11.1 Å². The van der Waals surface area contributed by atoms with E-state index < -0.39 is 5.97 Å². The molecule has 2 aromatic carbocycles. The van der Waals surface area contributed by atoms with Crippen molar-refractivity contribution >= 4 is 41.1 Å². The molecule has 0 amide bonds. The highest BCUT2D eigenvalue weighted by atomic mass is 35.5. The first-order valence-corrected chi connectivity index (χ1v) is 7.44. The van der Waals surface area contributed by atoms with Crippen LogP contribution in [-0.4, -0.2) is 19.0 Å². The summed E-state index contributed by atoms with van der Waals surface area (Å²) < 4.78 is 10.5.